The average Bonchev–Trinajstić information content (AvgIpc) is 2.36. The molecule has 0 saturated heterocycles. The van der Waals surface area contributed by atoms with Gasteiger partial charge in [0.1, 0.15) is 5.75 Å². The normalized spacial score (nSPS) is 12.8. The van der Waals surface area contributed by atoms with Crippen molar-refractivity contribution in [3.8, 4) is 5.75 Å². The number of carbonyl (C=O) groups excluding carboxylic acids is 1. The molecule has 4 nitrogen and oxygen atoms in total. The minimum absolute atomic E-state index is 0.00823. The van der Waals surface area contributed by atoms with Gasteiger partial charge in [-0.05, 0) is 51.8 Å². The third-order valence-corrected chi connectivity index (χ3v) is 2.87. The molecular weight excluding hydrogens is 252 g/mol. The van der Waals surface area contributed by atoms with E-state index in [4.69, 9.17) is 10.5 Å². The molecule has 0 aliphatic rings. The van der Waals surface area contributed by atoms with Crippen molar-refractivity contribution in [2.45, 2.75) is 39.7 Å². The Morgan fingerprint density at radius 1 is 1.30 bits per heavy atom. The van der Waals surface area contributed by atoms with Crippen LogP contribution in [0.25, 0.3) is 0 Å². The Balaban J connectivity index is 2.66. The summed E-state index contributed by atoms with van der Waals surface area (Å²) in [6, 6.07) is 7.82. The van der Waals surface area contributed by atoms with Crippen LogP contribution >= 0.6 is 0 Å². The van der Waals surface area contributed by atoms with Crippen LogP contribution in [0.15, 0.2) is 24.3 Å². The summed E-state index contributed by atoms with van der Waals surface area (Å²) < 4.78 is 5.40. The average molecular weight is 278 g/mol. The van der Waals surface area contributed by atoms with Crippen LogP contribution in [0, 0.1) is 5.92 Å². The van der Waals surface area contributed by atoms with E-state index in [0.29, 0.717) is 19.6 Å². The number of hydrogen-bond donors (Lipinski definition) is 2. The summed E-state index contributed by atoms with van der Waals surface area (Å²) in [5, 5.41) is 2.98. The first-order valence-corrected chi connectivity index (χ1v) is 7.09. The molecule has 3 N–H and O–H groups in total. The topological polar surface area (TPSA) is 64.3 Å². The molecule has 0 saturated carbocycles. The highest BCUT2D eigenvalue weighted by Crippen LogP contribution is 2.15. The van der Waals surface area contributed by atoms with Gasteiger partial charge in [-0.3, -0.25) is 4.79 Å². The second kappa shape index (κ2) is 7.29. The Hall–Kier alpha value is -1.55. The SMILES string of the molecule is CCOc1ccc(CC(CN)C(=O)NC(C)(C)C)cc1. The van der Waals surface area contributed by atoms with E-state index >= 15 is 0 Å². The summed E-state index contributed by atoms with van der Waals surface area (Å²) >= 11 is 0. The number of hydrogen-bond acceptors (Lipinski definition) is 3. The number of nitrogens with one attached hydrogen (secondary N) is 1. The van der Waals surface area contributed by atoms with E-state index in [2.05, 4.69) is 5.32 Å². The number of rotatable bonds is 6. The Morgan fingerprint density at radius 3 is 2.35 bits per heavy atom. The molecule has 1 aromatic rings. The summed E-state index contributed by atoms with van der Waals surface area (Å²) in [7, 11) is 0. The van der Waals surface area contributed by atoms with Crippen LogP contribution < -0.4 is 15.8 Å². The van der Waals surface area contributed by atoms with Gasteiger partial charge >= 0.3 is 0 Å². The van der Waals surface area contributed by atoms with Crippen LogP contribution in [0.5, 0.6) is 5.75 Å². The molecular formula is C16H26N2O2. The molecule has 1 aromatic carbocycles. The highest BCUT2D eigenvalue weighted by atomic mass is 16.5. The summed E-state index contributed by atoms with van der Waals surface area (Å²) in [6.07, 6.45) is 0.644. The van der Waals surface area contributed by atoms with Gasteiger partial charge in [0.2, 0.25) is 5.91 Å². The Bertz CT molecular complexity index is 421. The summed E-state index contributed by atoms with van der Waals surface area (Å²) in [5.41, 5.74) is 6.59. The molecule has 0 radical (unpaired) electrons. The number of ether oxygens (including phenoxy) is 1. The van der Waals surface area contributed by atoms with E-state index in [1.165, 1.54) is 0 Å². The Labute approximate surface area is 121 Å². The Kier molecular flexibility index (Phi) is 6.02. The zero-order chi connectivity index (χ0) is 15.2. The molecule has 0 aliphatic heterocycles. The summed E-state index contributed by atoms with van der Waals surface area (Å²) in [5.74, 6) is 0.653. The molecule has 0 spiro atoms. The molecule has 1 rings (SSSR count). The van der Waals surface area contributed by atoms with Gasteiger partial charge in [-0.2, -0.15) is 0 Å². The van der Waals surface area contributed by atoms with Crippen LogP contribution in [-0.4, -0.2) is 24.6 Å². The highest BCUT2D eigenvalue weighted by molar-refractivity contribution is 5.79. The van der Waals surface area contributed by atoms with Gasteiger partial charge in [0.25, 0.3) is 0 Å². The second-order valence-electron chi connectivity index (χ2n) is 5.95. The van der Waals surface area contributed by atoms with Crippen molar-refractivity contribution < 1.29 is 9.53 Å². The van der Waals surface area contributed by atoms with E-state index in [9.17, 15) is 4.79 Å². The van der Waals surface area contributed by atoms with Crippen molar-refractivity contribution >= 4 is 5.91 Å². The highest BCUT2D eigenvalue weighted by Gasteiger charge is 2.21. The largest absolute Gasteiger partial charge is 0.494 e. The van der Waals surface area contributed by atoms with Crippen LogP contribution in [0.2, 0.25) is 0 Å². The number of benzene rings is 1. The standard InChI is InChI=1S/C16H26N2O2/c1-5-20-14-8-6-12(7-9-14)10-13(11-17)15(19)18-16(2,3)4/h6-9,13H,5,10-11,17H2,1-4H3,(H,18,19). The minimum Gasteiger partial charge on any atom is -0.494 e. The first kappa shape index (κ1) is 16.5. The monoisotopic (exact) mass is 278 g/mol. The first-order chi connectivity index (χ1) is 9.35. The van der Waals surface area contributed by atoms with Gasteiger partial charge in [0, 0.05) is 12.1 Å². The predicted octanol–water partition coefficient (Wildman–Crippen LogP) is 2.12. The van der Waals surface area contributed by atoms with Gasteiger partial charge in [0.05, 0.1) is 12.5 Å². The van der Waals surface area contributed by atoms with E-state index in [1.807, 2.05) is 52.0 Å². The smallest absolute Gasteiger partial charge is 0.225 e. The lowest BCUT2D eigenvalue weighted by Crippen LogP contribution is -2.46. The van der Waals surface area contributed by atoms with Gasteiger partial charge in [-0.15, -0.1) is 0 Å². The van der Waals surface area contributed by atoms with Crippen molar-refractivity contribution in [2.24, 2.45) is 11.7 Å². The molecule has 112 valence electrons. The third-order valence-electron chi connectivity index (χ3n) is 2.87. The predicted molar refractivity (Wildman–Crippen MR) is 81.8 cm³/mol. The summed E-state index contributed by atoms with van der Waals surface area (Å²) in [4.78, 5) is 12.1. The fourth-order valence-corrected chi connectivity index (χ4v) is 1.93. The van der Waals surface area contributed by atoms with Crippen molar-refractivity contribution in [3.05, 3.63) is 29.8 Å². The second-order valence-corrected chi connectivity index (χ2v) is 5.95. The van der Waals surface area contributed by atoms with E-state index in [0.717, 1.165) is 11.3 Å². The van der Waals surface area contributed by atoms with Crippen molar-refractivity contribution in [1.29, 1.82) is 0 Å². The third kappa shape index (κ3) is 5.61. The van der Waals surface area contributed by atoms with Crippen molar-refractivity contribution in [2.75, 3.05) is 13.2 Å². The van der Waals surface area contributed by atoms with Crippen molar-refractivity contribution in [1.82, 2.24) is 5.32 Å². The van der Waals surface area contributed by atoms with Gasteiger partial charge in [-0.25, -0.2) is 0 Å². The summed E-state index contributed by atoms with van der Waals surface area (Å²) in [6.45, 7) is 8.85. The molecule has 0 fully saturated rings. The maximum atomic E-state index is 12.1. The van der Waals surface area contributed by atoms with Crippen molar-refractivity contribution in [3.63, 3.8) is 0 Å². The molecule has 0 aliphatic carbocycles. The number of amides is 1. The number of nitrogens with two attached hydrogens (primary N) is 1. The maximum absolute atomic E-state index is 12.1. The quantitative estimate of drug-likeness (QED) is 0.837. The molecule has 20 heavy (non-hydrogen) atoms. The van der Waals surface area contributed by atoms with Crippen LogP contribution in [0.1, 0.15) is 33.3 Å². The molecule has 0 aromatic heterocycles. The zero-order valence-electron chi connectivity index (χ0n) is 12.9. The zero-order valence-corrected chi connectivity index (χ0v) is 12.9. The van der Waals surface area contributed by atoms with Crippen LogP contribution in [-0.2, 0) is 11.2 Å². The fourth-order valence-electron chi connectivity index (χ4n) is 1.93. The minimum atomic E-state index is -0.233. The van der Waals surface area contributed by atoms with Crippen LogP contribution in [0.4, 0.5) is 0 Å². The van der Waals surface area contributed by atoms with Crippen LogP contribution in [0.3, 0.4) is 0 Å². The van der Waals surface area contributed by atoms with Gasteiger partial charge in [-0.1, -0.05) is 12.1 Å². The van der Waals surface area contributed by atoms with E-state index in [-0.39, 0.29) is 17.4 Å². The van der Waals surface area contributed by atoms with Gasteiger partial charge in [0.15, 0.2) is 0 Å². The molecule has 1 atom stereocenters. The van der Waals surface area contributed by atoms with E-state index < -0.39 is 0 Å². The lowest BCUT2D eigenvalue weighted by Gasteiger charge is -2.24. The lowest BCUT2D eigenvalue weighted by molar-refractivity contribution is -0.126. The molecule has 4 heteroatoms. The molecule has 1 unspecified atom stereocenters. The fraction of sp³-hybridized carbons (Fsp3) is 0.562. The molecule has 0 bridgehead atoms. The number of carbonyl (C=O) groups is 1. The van der Waals surface area contributed by atoms with Gasteiger partial charge < -0.3 is 15.8 Å². The van der Waals surface area contributed by atoms with E-state index in [1.54, 1.807) is 0 Å². The maximum Gasteiger partial charge on any atom is 0.225 e. The molecule has 0 heterocycles. The molecule has 1 amide bonds. The lowest BCUT2D eigenvalue weighted by atomic mass is 9.97. The Morgan fingerprint density at radius 2 is 1.90 bits per heavy atom. The first-order valence-electron chi connectivity index (χ1n) is 7.09.